The van der Waals surface area contributed by atoms with Gasteiger partial charge in [0.1, 0.15) is 18.4 Å². The second kappa shape index (κ2) is 11.8. The Bertz CT molecular complexity index is 1040. The maximum absolute atomic E-state index is 13.5. The Labute approximate surface area is 195 Å². The quantitative estimate of drug-likeness (QED) is 0.538. The molecule has 0 aliphatic carbocycles. The van der Waals surface area contributed by atoms with E-state index >= 15 is 0 Å². The van der Waals surface area contributed by atoms with Gasteiger partial charge in [0.15, 0.2) is 0 Å². The third kappa shape index (κ3) is 7.56. The lowest BCUT2D eigenvalue weighted by atomic mass is 10.1. The first-order valence-electron chi connectivity index (χ1n) is 10.9. The minimum Gasteiger partial charge on any atom is -0.354 e. The molecular weight excluding hydrogens is 445 g/mol. The molecule has 180 valence electrons. The highest BCUT2D eigenvalue weighted by Gasteiger charge is 2.31. The summed E-state index contributed by atoms with van der Waals surface area (Å²) in [5.41, 5.74) is 1.95. The third-order valence-corrected chi connectivity index (χ3v) is 6.34. The maximum atomic E-state index is 13.5. The van der Waals surface area contributed by atoms with E-state index in [1.54, 1.807) is 43.3 Å². The zero-order chi connectivity index (χ0) is 24.6. The molecule has 33 heavy (non-hydrogen) atoms. The molecule has 2 aromatic carbocycles. The largest absolute Gasteiger partial charge is 0.354 e. The van der Waals surface area contributed by atoms with Gasteiger partial charge in [-0.05, 0) is 49.6 Å². The highest BCUT2D eigenvalue weighted by atomic mass is 32.2. The summed E-state index contributed by atoms with van der Waals surface area (Å²) in [6.07, 6.45) is 2.12. The van der Waals surface area contributed by atoms with Crippen molar-refractivity contribution in [2.24, 2.45) is 0 Å². The van der Waals surface area contributed by atoms with Crippen LogP contribution in [0.2, 0.25) is 0 Å². The van der Waals surface area contributed by atoms with Crippen LogP contribution in [0.4, 0.5) is 10.1 Å². The maximum Gasteiger partial charge on any atom is 0.244 e. The van der Waals surface area contributed by atoms with E-state index in [-0.39, 0.29) is 12.5 Å². The number of anilines is 1. The predicted molar refractivity (Wildman–Crippen MR) is 128 cm³/mol. The van der Waals surface area contributed by atoms with Gasteiger partial charge in [-0.15, -0.1) is 0 Å². The summed E-state index contributed by atoms with van der Waals surface area (Å²) in [6.45, 7) is 5.64. The van der Waals surface area contributed by atoms with Crippen LogP contribution in [-0.4, -0.2) is 50.5 Å². The molecule has 0 aromatic heterocycles. The third-order valence-electron chi connectivity index (χ3n) is 5.20. The van der Waals surface area contributed by atoms with Crippen molar-refractivity contribution in [1.29, 1.82) is 0 Å². The van der Waals surface area contributed by atoms with Crippen LogP contribution in [0.15, 0.2) is 48.5 Å². The highest BCUT2D eigenvalue weighted by molar-refractivity contribution is 7.92. The van der Waals surface area contributed by atoms with Crippen LogP contribution >= 0.6 is 0 Å². The average molecular weight is 478 g/mol. The number of carbonyl (C=O) groups excluding carboxylic acids is 2. The fourth-order valence-electron chi connectivity index (χ4n) is 3.40. The van der Waals surface area contributed by atoms with Crippen molar-refractivity contribution in [2.45, 2.75) is 46.2 Å². The summed E-state index contributed by atoms with van der Waals surface area (Å²) in [5.74, 6) is -1.24. The number of nitrogens with one attached hydrogen (secondary N) is 1. The first kappa shape index (κ1) is 26.3. The van der Waals surface area contributed by atoms with Crippen LogP contribution in [0.3, 0.4) is 0 Å². The van der Waals surface area contributed by atoms with E-state index in [1.807, 2.05) is 13.8 Å². The predicted octanol–water partition coefficient (Wildman–Crippen LogP) is 3.23. The van der Waals surface area contributed by atoms with Crippen LogP contribution in [0.5, 0.6) is 0 Å². The van der Waals surface area contributed by atoms with Gasteiger partial charge in [-0.25, -0.2) is 12.8 Å². The Hall–Kier alpha value is -2.94. The standard InChI is InChI=1S/C24H32FN3O4S/c1-5-15-26-24(30)22(6-2)27(16-19-9-11-20(25)12-10-19)23(29)17-28(33(4,31)32)21-13-7-18(3)8-14-21/h7-14,22H,5-6,15-17H2,1-4H3,(H,26,30)/t22-/m1/s1. The Kier molecular flexibility index (Phi) is 9.40. The van der Waals surface area contributed by atoms with E-state index in [4.69, 9.17) is 0 Å². The van der Waals surface area contributed by atoms with Crippen molar-refractivity contribution in [1.82, 2.24) is 10.2 Å². The van der Waals surface area contributed by atoms with Gasteiger partial charge < -0.3 is 10.2 Å². The number of carbonyl (C=O) groups is 2. The molecular formula is C24H32FN3O4S. The summed E-state index contributed by atoms with van der Waals surface area (Å²) < 4.78 is 39.4. The molecule has 0 bridgehead atoms. The lowest BCUT2D eigenvalue weighted by Crippen LogP contribution is -2.52. The zero-order valence-electron chi connectivity index (χ0n) is 19.5. The molecule has 0 radical (unpaired) electrons. The van der Waals surface area contributed by atoms with Crippen molar-refractivity contribution < 1.29 is 22.4 Å². The molecule has 1 atom stereocenters. The van der Waals surface area contributed by atoms with Gasteiger partial charge >= 0.3 is 0 Å². The molecule has 0 aliphatic rings. The Balaban J connectivity index is 2.39. The van der Waals surface area contributed by atoms with Crippen molar-refractivity contribution in [3.05, 3.63) is 65.5 Å². The second-order valence-corrected chi connectivity index (χ2v) is 9.88. The van der Waals surface area contributed by atoms with Gasteiger partial charge in [-0.1, -0.05) is 43.7 Å². The van der Waals surface area contributed by atoms with Crippen molar-refractivity contribution in [3.8, 4) is 0 Å². The highest BCUT2D eigenvalue weighted by Crippen LogP contribution is 2.20. The molecule has 0 spiro atoms. The van der Waals surface area contributed by atoms with E-state index in [0.29, 0.717) is 24.2 Å². The van der Waals surface area contributed by atoms with Crippen LogP contribution in [0.1, 0.15) is 37.8 Å². The van der Waals surface area contributed by atoms with Gasteiger partial charge in [0.05, 0.1) is 11.9 Å². The van der Waals surface area contributed by atoms with Crippen molar-refractivity contribution >= 4 is 27.5 Å². The molecule has 0 saturated carbocycles. The summed E-state index contributed by atoms with van der Waals surface area (Å²) in [5, 5.41) is 2.81. The number of benzene rings is 2. The fraction of sp³-hybridized carbons (Fsp3) is 0.417. The van der Waals surface area contributed by atoms with Gasteiger partial charge in [0.25, 0.3) is 0 Å². The molecule has 0 saturated heterocycles. The molecule has 2 rings (SSSR count). The summed E-state index contributed by atoms with van der Waals surface area (Å²) in [7, 11) is -3.77. The molecule has 1 N–H and O–H groups in total. The zero-order valence-corrected chi connectivity index (χ0v) is 20.4. The number of nitrogens with zero attached hydrogens (tertiary/aromatic N) is 2. The minimum absolute atomic E-state index is 0.0443. The van der Waals surface area contributed by atoms with E-state index in [0.717, 1.165) is 22.5 Å². The molecule has 7 nitrogen and oxygen atoms in total. The Morgan fingerprint density at radius 2 is 1.64 bits per heavy atom. The van der Waals surface area contributed by atoms with E-state index < -0.39 is 34.3 Å². The van der Waals surface area contributed by atoms with E-state index in [2.05, 4.69) is 5.32 Å². The number of amides is 2. The SMILES string of the molecule is CCCNC(=O)[C@@H](CC)N(Cc1ccc(F)cc1)C(=O)CN(c1ccc(C)cc1)S(C)(=O)=O. The fourth-order valence-corrected chi connectivity index (χ4v) is 4.25. The number of rotatable bonds is 11. The van der Waals surface area contributed by atoms with E-state index in [9.17, 15) is 22.4 Å². The smallest absolute Gasteiger partial charge is 0.244 e. The minimum atomic E-state index is -3.77. The molecule has 2 aromatic rings. The lowest BCUT2D eigenvalue weighted by molar-refractivity contribution is -0.140. The molecule has 0 aliphatic heterocycles. The molecule has 0 fully saturated rings. The van der Waals surface area contributed by atoms with Gasteiger partial charge in [-0.2, -0.15) is 0 Å². The summed E-state index contributed by atoms with van der Waals surface area (Å²) in [4.78, 5) is 27.6. The van der Waals surface area contributed by atoms with Crippen LogP contribution in [-0.2, 0) is 26.2 Å². The molecule has 0 unspecified atom stereocenters. The first-order valence-corrected chi connectivity index (χ1v) is 12.8. The van der Waals surface area contributed by atoms with Crippen molar-refractivity contribution in [2.75, 3.05) is 23.7 Å². The summed E-state index contributed by atoms with van der Waals surface area (Å²) in [6, 6.07) is 11.7. The van der Waals surface area contributed by atoms with Crippen molar-refractivity contribution in [3.63, 3.8) is 0 Å². The number of hydrogen-bond donors (Lipinski definition) is 1. The second-order valence-electron chi connectivity index (χ2n) is 7.97. The van der Waals surface area contributed by atoms with Crippen LogP contribution in [0, 0.1) is 12.7 Å². The van der Waals surface area contributed by atoms with Gasteiger partial charge in [0, 0.05) is 13.1 Å². The Morgan fingerprint density at radius 3 is 2.15 bits per heavy atom. The first-order chi connectivity index (χ1) is 15.6. The monoisotopic (exact) mass is 477 g/mol. The lowest BCUT2D eigenvalue weighted by Gasteiger charge is -2.33. The van der Waals surface area contributed by atoms with Gasteiger partial charge in [-0.3, -0.25) is 13.9 Å². The topological polar surface area (TPSA) is 86.8 Å². The number of aryl methyl sites for hydroxylation is 1. The molecule has 2 amide bonds. The molecule has 9 heteroatoms. The number of halogens is 1. The Morgan fingerprint density at radius 1 is 1.03 bits per heavy atom. The van der Waals surface area contributed by atoms with E-state index in [1.165, 1.54) is 17.0 Å². The average Bonchev–Trinajstić information content (AvgIpc) is 2.77. The molecule has 0 heterocycles. The van der Waals surface area contributed by atoms with Crippen LogP contribution in [0.25, 0.3) is 0 Å². The normalized spacial score (nSPS) is 12.2. The summed E-state index contributed by atoms with van der Waals surface area (Å²) >= 11 is 0. The number of hydrogen-bond acceptors (Lipinski definition) is 4. The number of sulfonamides is 1. The van der Waals surface area contributed by atoms with Crippen LogP contribution < -0.4 is 9.62 Å². The van der Waals surface area contributed by atoms with Gasteiger partial charge in [0.2, 0.25) is 21.8 Å².